The van der Waals surface area contributed by atoms with E-state index in [1.54, 1.807) is 35.6 Å². The Bertz CT molecular complexity index is 476. The smallest absolute Gasteiger partial charge is 0.139 e. The summed E-state index contributed by atoms with van der Waals surface area (Å²) in [6.07, 6.45) is 0. The zero-order valence-corrected chi connectivity index (χ0v) is 11.0. The number of nitrogen functional groups attached to an aromatic ring is 1. The van der Waals surface area contributed by atoms with Gasteiger partial charge in [0, 0.05) is 25.8 Å². The lowest BCUT2D eigenvalue weighted by atomic mass is 10.3. The van der Waals surface area contributed by atoms with E-state index in [0.717, 1.165) is 0 Å². The van der Waals surface area contributed by atoms with Crippen molar-refractivity contribution < 1.29 is 4.21 Å². The number of anilines is 1. The van der Waals surface area contributed by atoms with E-state index in [4.69, 9.17) is 5.73 Å². The second-order valence-electron chi connectivity index (χ2n) is 3.89. The van der Waals surface area contributed by atoms with Crippen LogP contribution in [0.5, 0.6) is 0 Å². The molecule has 0 amide bonds. The first-order chi connectivity index (χ1) is 7.41. The Balaban J connectivity index is 3.33. The fourth-order valence-corrected chi connectivity index (χ4v) is 3.28. The molecule has 90 valence electrons. The highest BCUT2D eigenvalue weighted by Crippen LogP contribution is 2.20. The van der Waals surface area contributed by atoms with Gasteiger partial charge < -0.3 is 5.73 Å². The second kappa shape index (κ2) is 4.84. The minimum atomic E-state index is -2.53. The van der Waals surface area contributed by atoms with E-state index >= 15 is 0 Å². The molecule has 0 saturated carbocycles. The first-order valence-corrected chi connectivity index (χ1v) is 6.63. The summed E-state index contributed by atoms with van der Waals surface area (Å²) in [5.41, 5.74) is 6.30. The van der Waals surface area contributed by atoms with Crippen LogP contribution in [-0.2, 0) is 9.92 Å². The van der Waals surface area contributed by atoms with Crippen molar-refractivity contribution >= 4 is 15.6 Å². The van der Waals surface area contributed by atoms with Gasteiger partial charge >= 0.3 is 0 Å². The van der Waals surface area contributed by atoms with Crippen molar-refractivity contribution in [1.82, 2.24) is 4.31 Å². The average Bonchev–Trinajstić information content (AvgIpc) is 2.26. The summed E-state index contributed by atoms with van der Waals surface area (Å²) in [4.78, 5) is 0.659. The molecule has 0 aliphatic carbocycles. The highest BCUT2D eigenvalue weighted by molar-refractivity contribution is 7.91. The molecule has 0 heterocycles. The monoisotopic (exact) mass is 241 g/mol. The van der Waals surface area contributed by atoms with Crippen molar-refractivity contribution in [3.8, 4) is 0 Å². The number of nitrogens with two attached hydrogens (primary N) is 1. The minimum Gasteiger partial charge on any atom is -0.399 e. The lowest BCUT2D eigenvalue weighted by Crippen LogP contribution is -2.32. The van der Waals surface area contributed by atoms with Crippen LogP contribution >= 0.6 is 0 Å². The van der Waals surface area contributed by atoms with Gasteiger partial charge in [0.2, 0.25) is 0 Å². The van der Waals surface area contributed by atoms with E-state index in [1.165, 1.54) is 0 Å². The maximum absolute atomic E-state index is 12.8. The maximum atomic E-state index is 12.8. The standard InChI is InChI=1S/C11H19N3OS/c1-9(2)14(4)16(15,13-3)11-7-5-6-10(12)8-11/h5-9H,12H2,1-4H3. The van der Waals surface area contributed by atoms with Crippen LogP contribution in [0.2, 0.25) is 0 Å². The largest absolute Gasteiger partial charge is 0.399 e. The van der Waals surface area contributed by atoms with E-state index in [9.17, 15) is 4.21 Å². The molecule has 1 aromatic carbocycles. The van der Waals surface area contributed by atoms with Gasteiger partial charge in [-0.2, -0.15) is 0 Å². The highest BCUT2D eigenvalue weighted by Gasteiger charge is 2.20. The van der Waals surface area contributed by atoms with Crippen LogP contribution in [0, 0.1) is 0 Å². The van der Waals surface area contributed by atoms with E-state index < -0.39 is 9.92 Å². The Labute approximate surface area is 97.8 Å². The quantitative estimate of drug-likeness (QED) is 0.823. The lowest BCUT2D eigenvalue weighted by Gasteiger charge is -2.25. The van der Waals surface area contributed by atoms with E-state index in [1.807, 2.05) is 20.9 Å². The molecule has 1 atom stereocenters. The third kappa shape index (κ3) is 2.36. The first-order valence-electron chi connectivity index (χ1n) is 5.15. The molecule has 4 nitrogen and oxygen atoms in total. The fraction of sp³-hybridized carbons (Fsp3) is 0.455. The number of rotatable bonds is 3. The van der Waals surface area contributed by atoms with Crippen LogP contribution in [0.25, 0.3) is 0 Å². The molecular formula is C11H19N3OS. The van der Waals surface area contributed by atoms with Crippen molar-refractivity contribution in [2.24, 2.45) is 4.36 Å². The number of benzene rings is 1. The molecule has 0 aliphatic rings. The summed E-state index contributed by atoms with van der Waals surface area (Å²) in [6, 6.07) is 7.23. The predicted octanol–water partition coefficient (Wildman–Crippen LogP) is 1.98. The molecule has 1 aromatic rings. The van der Waals surface area contributed by atoms with Gasteiger partial charge in [-0.3, -0.25) is 0 Å². The Morgan fingerprint density at radius 2 is 2.06 bits per heavy atom. The summed E-state index contributed by atoms with van der Waals surface area (Å²) in [5.74, 6) is 0. The highest BCUT2D eigenvalue weighted by atomic mass is 32.2. The summed E-state index contributed by atoms with van der Waals surface area (Å²) in [6.45, 7) is 3.97. The summed E-state index contributed by atoms with van der Waals surface area (Å²) >= 11 is 0. The van der Waals surface area contributed by atoms with Crippen LogP contribution in [0.3, 0.4) is 0 Å². The third-order valence-electron chi connectivity index (χ3n) is 2.53. The molecule has 1 unspecified atom stereocenters. The van der Waals surface area contributed by atoms with Gasteiger partial charge in [-0.1, -0.05) is 6.07 Å². The maximum Gasteiger partial charge on any atom is 0.139 e. The first kappa shape index (κ1) is 13.0. The topological polar surface area (TPSA) is 58.7 Å². The number of hydrogen-bond donors (Lipinski definition) is 1. The molecule has 16 heavy (non-hydrogen) atoms. The fourth-order valence-electron chi connectivity index (χ4n) is 1.37. The molecule has 2 N–H and O–H groups in total. The Kier molecular flexibility index (Phi) is 3.93. The van der Waals surface area contributed by atoms with E-state index in [0.29, 0.717) is 10.6 Å². The van der Waals surface area contributed by atoms with Crippen LogP contribution in [0.1, 0.15) is 13.8 Å². The van der Waals surface area contributed by atoms with Crippen molar-refractivity contribution in [3.05, 3.63) is 24.3 Å². The Morgan fingerprint density at radius 3 is 2.50 bits per heavy atom. The van der Waals surface area contributed by atoms with Crippen LogP contribution in [-0.4, -0.2) is 28.7 Å². The van der Waals surface area contributed by atoms with Crippen molar-refractivity contribution in [3.63, 3.8) is 0 Å². The Morgan fingerprint density at radius 1 is 1.44 bits per heavy atom. The molecule has 0 spiro atoms. The van der Waals surface area contributed by atoms with Crippen LogP contribution in [0.15, 0.2) is 33.5 Å². The van der Waals surface area contributed by atoms with Gasteiger partial charge in [-0.05, 0) is 32.0 Å². The van der Waals surface area contributed by atoms with E-state index in [-0.39, 0.29) is 6.04 Å². The lowest BCUT2D eigenvalue weighted by molar-refractivity contribution is 0.437. The molecule has 1 rings (SSSR count). The molecule has 0 saturated heterocycles. The van der Waals surface area contributed by atoms with Gasteiger partial charge in [0.1, 0.15) is 9.92 Å². The number of hydrogen-bond acceptors (Lipinski definition) is 3. The zero-order chi connectivity index (χ0) is 12.3. The summed E-state index contributed by atoms with van der Waals surface area (Å²) in [7, 11) is 0.855. The SMILES string of the molecule is CN=S(=O)(c1cccc(N)c1)N(C)C(C)C. The molecule has 0 fully saturated rings. The van der Waals surface area contributed by atoms with E-state index in [2.05, 4.69) is 4.36 Å². The molecule has 5 heteroatoms. The van der Waals surface area contributed by atoms with Crippen molar-refractivity contribution in [1.29, 1.82) is 0 Å². The summed E-state index contributed by atoms with van der Waals surface area (Å²) < 4.78 is 18.6. The Hall–Kier alpha value is -1.07. The predicted molar refractivity (Wildman–Crippen MR) is 68.5 cm³/mol. The average molecular weight is 241 g/mol. The molecule has 0 aromatic heterocycles. The zero-order valence-electron chi connectivity index (χ0n) is 10.2. The minimum absolute atomic E-state index is 0.151. The van der Waals surface area contributed by atoms with Gasteiger partial charge in [-0.25, -0.2) is 12.9 Å². The normalized spacial score (nSPS) is 15.1. The molecule has 0 aliphatic heterocycles. The van der Waals surface area contributed by atoms with Crippen molar-refractivity contribution in [2.75, 3.05) is 19.8 Å². The second-order valence-corrected chi connectivity index (χ2v) is 6.30. The van der Waals surface area contributed by atoms with Gasteiger partial charge in [0.25, 0.3) is 0 Å². The van der Waals surface area contributed by atoms with Crippen LogP contribution in [0.4, 0.5) is 5.69 Å². The van der Waals surface area contributed by atoms with Gasteiger partial charge in [0.15, 0.2) is 0 Å². The third-order valence-corrected chi connectivity index (χ3v) is 5.10. The summed E-state index contributed by atoms with van der Waals surface area (Å²) in [5, 5.41) is 0. The molecule has 0 radical (unpaired) electrons. The molecule has 0 bridgehead atoms. The molecular weight excluding hydrogens is 222 g/mol. The number of nitrogens with zero attached hydrogens (tertiary/aromatic N) is 2. The van der Waals surface area contributed by atoms with Crippen molar-refractivity contribution in [2.45, 2.75) is 24.8 Å². The van der Waals surface area contributed by atoms with Crippen LogP contribution < -0.4 is 5.73 Å². The van der Waals surface area contributed by atoms with Gasteiger partial charge in [-0.15, -0.1) is 0 Å². The van der Waals surface area contributed by atoms with Gasteiger partial charge in [0.05, 0.1) is 4.90 Å².